The molecule has 0 aromatic heterocycles. The smallest absolute Gasteiger partial charge is 0.372 e. The predicted molar refractivity (Wildman–Crippen MR) is 153 cm³/mol. The van der Waals surface area contributed by atoms with Gasteiger partial charge in [0.05, 0.1) is 16.8 Å². The van der Waals surface area contributed by atoms with Gasteiger partial charge in [-0.05, 0) is 62.3 Å². The monoisotopic (exact) mass is 566 g/mol. The SMILES string of the molecule is CC(C)(C)O[Si]1(C)O[Si](OC(C)(C)C)(C(C)(C)C)OC(C(C)(C)C)O[Si](OC(C)(C)C)(C(C)(C)C)O1. The van der Waals surface area contributed by atoms with Crippen LogP contribution in [0.1, 0.15) is 125 Å². The molecule has 10 heteroatoms. The molecule has 0 aromatic rings. The Hall–Kier alpha value is 0.371. The Balaban J connectivity index is 4.05. The second kappa shape index (κ2) is 10.1. The van der Waals surface area contributed by atoms with Crippen LogP contribution in [0.15, 0.2) is 0 Å². The van der Waals surface area contributed by atoms with Gasteiger partial charge in [0.1, 0.15) is 6.29 Å². The molecule has 1 fully saturated rings. The van der Waals surface area contributed by atoms with E-state index in [0.717, 1.165) is 0 Å². The molecule has 1 saturated heterocycles. The van der Waals surface area contributed by atoms with Crippen LogP contribution in [0.2, 0.25) is 16.6 Å². The Bertz CT molecular complexity index is 702. The first kappa shape index (κ1) is 34.4. The van der Waals surface area contributed by atoms with Crippen molar-refractivity contribution >= 4 is 26.4 Å². The van der Waals surface area contributed by atoms with Gasteiger partial charge in [0.2, 0.25) is 0 Å². The summed E-state index contributed by atoms with van der Waals surface area (Å²) in [5.41, 5.74) is -2.01. The first-order valence-electron chi connectivity index (χ1n) is 13.2. The molecule has 216 valence electrons. The summed E-state index contributed by atoms with van der Waals surface area (Å²) in [7, 11) is -10.6. The van der Waals surface area contributed by atoms with Crippen molar-refractivity contribution < 1.29 is 30.4 Å². The minimum Gasteiger partial charge on any atom is -0.372 e. The van der Waals surface area contributed by atoms with Crippen LogP contribution < -0.4 is 0 Å². The molecular formula is C26H58O7Si3. The Morgan fingerprint density at radius 1 is 0.472 bits per heavy atom. The standard InChI is InChI=1S/C26H58O7Si3/c1-21(2,3)20-27-35(25(13,14)15,30-23(7,8)9)32-34(19,29-22(4,5)6)33-36(28-20,26(16,17)18)31-24(10,11)12/h20H,1-19H3. The lowest BCUT2D eigenvalue weighted by Crippen LogP contribution is -2.74. The third-order valence-corrected chi connectivity index (χ3v) is 17.7. The molecule has 2 unspecified atom stereocenters. The third kappa shape index (κ3) is 9.24. The summed E-state index contributed by atoms with van der Waals surface area (Å²) < 4.78 is 48.7. The highest BCUT2D eigenvalue weighted by atomic mass is 28.5. The van der Waals surface area contributed by atoms with Gasteiger partial charge < -0.3 is 30.4 Å². The van der Waals surface area contributed by atoms with Gasteiger partial charge >= 0.3 is 26.4 Å². The minimum absolute atomic E-state index is 0.414. The lowest BCUT2D eigenvalue weighted by atomic mass is 9.96. The molecule has 0 spiro atoms. The summed E-state index contributed by atoms with van der Waals surface area (Å²) in [4.78, 5) is 0. The maximum Gasteiger partial charge on any atom is 0.501 e. The zero-order valence-corrected chi connectivity index (χ0v) is 29.9. The summed E-state index contributed by atoms with van der Waals surface area (Å²) >= 11 is 0. The molecule has 2 atom stereocenters. The molecule has 1 aliphatic rings. The van der Waals surface area contributed by atoms with Crippen LogP contribution in [0, 0.1) is 5.41 Å². The predicted octanol–water partition coefficient (Wildman–Crippen LogP) is 7.93. The average molecular weight is 567 g/mol. The van der Waals surface area contributed by atoms with Gasteiger partial charge in [-0.2, -0.15) is 0 Å². The van der Waals surface area contributed by atoms with Crippen LogP contribution in [-0.4, -0.2) is 49.5 Å². The van der Waals surface area contributed by atoms with E-state index in [9.17, 15) is 0 Å². The van der Waals surface area contributed by atoms with Gasteiger partial charge in [-0.1, -0.05) is 62.3 Å². The molecule has 1 aliphatic heterocycles. The van der Waals surface area contributed by atoms with E-state index >= 15 is 0 Å². The van der Waals surface area contributed by atoms with Crippen molar-refractivity contribution in [1.29, 1.82) is 0 Å². The Labute approximate surface area is 226 Å². The maximum atomic E-state index is 7.14. The molecule has 0 N–H and O–H groups in total. The molecule has 1 rings (SSSR count). The molecule has 0 amide bonds. The van der Waals surface area contributed by atoms with Gasteiger partial charge in [0.25, 0.3) is 0 Å². The van der Waals surface area contributed by atoms with E-state index in [1.54, 1.807) is 0 Å². The van der Waals surface area contributed by atoms with E-state index in [1.165, 1.54) is 0 Å². The second-order valence-electron chi connectivity index (χ2n) is 16.3. The van der Waals surface area contributed by atoms with E-state index in [4.69, 9.17) is 30.4 Å². The Morgan fingerprint density at radius 3 is 0.944 bits per heavy atom. The van der Waals surface area contributed by atoms with Crippen molar-refractivity contribution in [3.8, 4) is 0 Å². The van der Waals surface area contributed by atoms with Crippen molar-refractivity contribution in [1.82, 2.24) is 0 Å². The minimum atomic E-state index is -3.54. The highest BCUT2D eigenvalue weighted by Crippen LogP contribution is 2.52. The van der Waals surface area contributed by atoms with Crippen molar-refractivity contribution in [3.63, 3.8) is 0 Å². The average Bonchev–Trinajstić information content (AvgIpc) is 2.43. The fraction of sp³-hybridized carbons (Fsp3) is 1.00. The van der Waals surface area contributed by atoms with Crippen LogP contribution >= 0.6 is 0 Å². The largest absolute Gasteiger partial charge is 0.501 e. The Kier molecular flexibility index (Phi) is 9.64. The van der Waals surface area contributed by atoms with Crippen molar-refractivity contribution in [2.75, 3.05) is 0 Å². The van der Waals surface area contributed by atoms with E-state index < -0.39 is 65.0 Å². The number of hydrogen-bond donors (Lipinski definition) is 0. The van der Waals surface area contributed by atoms with Gasteiger partial charge in [-0.3, -0.25) is 0 Å². The zero-order valence-electron chi connectivity index (χ0n) is 26.9. The molecule has 0 bridgehead atoms. The second-order valence-corrected chi connectivity index (χ2v) is 25.9. The maximum absolute atomic E-state index is 7.14. The topological polar surface area (TPSA) is 64.6 Å². The van der Waals surface area contributed by atoms with E-state index in [0.29, 0.717) is 0 Å². The highest BCUT2D eigenvalue weighted by Gasteiger charge is 2.70. The van der Waals surface area contributed by atoms with Gasteiger partial charge in [-0.25, -0.2) is 0 Å². The summed E-state index contributed by atoms with van der Waals surface area (Å²) in [6.45, 7) is 38.9. The van der Waals surface area contributed by atoms with Gasteiger partial charge in [-0.15, -0.1) is 0 Å². The molecule has 36 heavy (non-hydrogen) atoms. The lowest BCUT2D eigenvalue weighted by Gasteiger charge is -2.56. The van der Waals surface area contributed by atoms with Crippen LogP contribution in [0.25, 0.3) is 0 Å². The first-order valence-corrected chi connectivity index (χ1v) is 18.9. The molecule has 7 nitrogen and oxygen atoms in total. The number of hydrogen-bond acceptors (Lipinski definition) is 7. The normalized spacial score (nSPS) is 32.2. The van der Waals surface area contributed by atoms with Crippen molar-refractivity contribution in [2.45, 2.75) is 164 Å². The van der Waals surface area contributed by atoms with E-state index in [2.05, 4.69) is 62.3 Å². The van der Waals surface area contributed by atoms with Crippen LogP contribution in [0.5, 0.6) is 0 Å². The summed E-state index contributed by atoms with van der Waals surface area (Å²) in [6.07, 6.45) is -0.688. The first-order chi connectivity index (χ1) is 15.3. The molecule has 0 saturated carbocycles. The van der Waals surface area contributed by atoms with E-state index in [-0.39, 0.29) is 0 Å². The van der Waals surface area contributed by atoms with Crippen molar-refractivity contribution in [2.24, 2.45) is 5.41 Å². The summed E-state index contributed by atoms with van der Waals surface area (Å²) in [6, 6.07) is 0. The van der Waals surface area contributed by atoms with Crippen LogP contribution in [0.4, 0.5) is 0 Å². The molecule has 1 heterocycles. The quantitative estimate of drug-likeness (QED) is 0.321. The summed E-state index contributed by atoms with van der Waals surface area (Å²) in [5, 5.41) is -0.972. The lowest BCUT2D eigenvalue weighted by molar-refractivity contribution is -0.178. The molecule has 0 radical (unpaired) electrons. The zero-order chi connectivity index (χ0) is 29.0. The Morgan fingerprint density at radius 2 is 0.750 bits per heavy atom. The van der Waals surface area contributed by atoms with E-state index in [1.807, 2.05) is 68.9 Å². The molecule has 0 aromatic carbocycles. The highest BCUT2D eigenvalue weighted by molar-refractivity contribution is 6.82. The number of rotatable bonds is 3. The van der Waals surface area contributed by atoms with Crippen LogP contribution in [0.3, 0.4) is 0 Å². The van der Waals surface area contributed by atoms with Gasteiger partial charge in [0, 0.05) is 22.0 Å². The van der Waals surface area contributed by atoms with Gasteiger partial charge in [0.15, 0.2) is 0 Å². The molecular weight excluding hydrogens is 509 g/mol. The summed E-state index contributed by atoms with van der Waals surface area (Å²) in [5.74, 6) is 0. The molecule has 0 aliphatic carbocycles. The fourth-order valence-corrected chi connectivity index (χ4v) is 17.2. The van der Waals surface area contributed by atoms with Crippen molar-refractivity contribution in [3.05, 3.63) is 0 Å². The fourth-order valence-electron chi connectivity index (χ4n) is 3.68. The third-order valence-electron chi connectivity index (χ3n) is 5.08. The van der Waals surface area contributed by atoms with Crippen LogP contribution in [-0.2, 0) is 30.4 Å².